The van der Waals surface area contributed by atoms with Crippen molar-refractivity contribution in [2.24, 2.45) is 11.7 Å². The first-order chi connectivity index (χ1) is 11.5. The summed E-state index contributed by atoms with van der Waals surface area (Å²) in [5, 5.41) is 0. The zero-order chi connectivity index (χ0) is 17.3. The van der Waals surface area contributed by atoms with Crippen molar-refractivity contribution in [1.82, 2.24) is 4.90 Å². The molecule has 7 heteroatoms. The van der Waals surface area contributed by atoms with E-state index >= 15 is 0 Å². The molecule has 0 saturated carbocycles. The second kappa shape index (κ2) is 6.84. The molecule has 2 aliphatic heterocycles. The summed E-state index contributed by atoms with van der Waals surface area (Å²) >= 11 is 1.49. The molecule has 1 aromatic rings. The lowest BCUT2D eigenvalue weighted by Gasteiger charge is -2.38. The van der Waals surface area contributed by atoms with Gasteiger partial charge >= 0.3 is 0 Å². The van der Waals surface area contributed by atoms with Crippen molar-refractivity contribution in [1.29, 1.82) is 0 Å². The van der Waals surface area contributed by atoms with E-state index in [-0.39, 0.29) is 36.2 Å². The number of benzene rings is 1. The van der Waals surface area contributed by atoms with Crippen LogP contribution in [-0.2, 0) is 14.4 Å². The van der Waals surface area contributed by atoms with Gasteiger partial charge in [0.1, 0.15) is 6.54 Å². The van der Waals surface area contributed by atoms with Gasteiger partial charge in [-0.2, -0.15) is 0 Å². The second-order valence-corrected chi connectivity index (χ2v) is 7.33. The number of amides is 3. The highest BCUT2D eigenvalue weighted by atomic mass is 32.2. The summed E-state index contributed by atoms with van der Waals surface area (Å²) in [4.78, 5) is 40.8. The van der Waals surface area contributed by atoms with Crippen LogP contribution in [0.4, 0.5) is 5.69 Å². The van der Waals surface area contributed by atoms with Crippen molar-refractivity contribution < 1.29 is 14.4 Å². The monoisotopic (exact) mass is 347 g/mol. The summed E-state index contributed by atoms with van der Waals surface area (Å²) in [6.07, 6.45) is 1.46. The Kier molecular flexibility index (Phi) is 4.80. The van der Waals surface area contributed by atoms with Crippen LogP contribution in [0.1, 0.15) is 19.8 Å². The van der Waals surface area contributed by atoms with Crippen molar-refractivity contribution in [2.45, 2.75) is 30.7 Å². The number of anilines is 1. The summed E-state index contributed by atoms with van der Waals surface area (Å²) in [5.41, 5.74) is 6.18. The highest BCUT2D eigenvalue weighted by Crippen LogP contribution is 2.35. The van der Waals surface area contributed by atoms with Crippen molar-refractivity contribution in [3.8, 4) is 0 Å². The highest BCUT2D eigenvalue weighted by Gasteiger charge is 2.34. The molecule has 2 N–H and O–H groups in total. The number of carbonyl (C=O) groups excluding carboxylic acids is 3. The number of rotatable bonds is 3. The number of primary amides is 1. The lowest BCUT2D eigenvalue weighted by atomic mass is 9.93. The number of likely N-dealkylation sites (tertiary alicyclic amines) is 1. The number of thioether (sulfide) groups is 1. The Morgan fingerprint density at radius 3 is 2.79 bits per heavy atom. The molecule has 24 heavy (non-hydrogen) atoms. The number of hydrogen-bond donors (Lipinski definition) is 1. The summed E-state index contributed by atoms with van der Waals surface area (Å²) in [6.45, 7) is 2.32. The number of nitrogens with zero attached hydrogens (tertiary/aromatic N) is 2. The maximum Gasteiger partial charge on any atom is 0.242 e. The summed E-state index contributed by atoms with van der Waals surface area (Å²) in [5.74, 6) is -0.531. The molecule has 2 aliphatic rings. The first-order valence-corrected chi connectivity index (χ1v) is 9.07. The Labute approximate surface area is 145 Å². The maximum absolute atomic E-state index is 12.8. The molecule has 1 saturated heterocycles. The first kappa shape index (κ1) is 16.8. The second-order valence-electron chi connectivity index (χ2n) is 6.31. The third-order valence-corrected chi connectivity index (χ3v) is 5.75. The van der Waals surface area contributed by atoms with E-state index in [1.54, 1.807) is 9.80 Å². The SMILES string of the molecule is C[C@@H]1CC[C@H](C(N)=O)CN1C(=O)CN1C(=O)CSc2ccccc21. The topological polar surface area (TPSA) is 83.7 Å². The Bertz CT molecular complexity index is 679. The average Bonchev–Trinajstić information content (AvgIpc) is 2.57. The van der Waals surface area contributed by atoms with Crippen LogP contribution < -0.4 is 10.6 Å². The van der Waals surface area contributed by atoms with Gasteiger partial charge in [-0.25, -0.2) is 0 Å². The van der Waals surface area contributed by atoms with Crippen LogP contribution in [0.3, 0.4) is 0 Å². The van der Waals surface area contributed by atoms with Crippen molar-refractivity contribution >= 4 is 35.2 Å². The molecule has 3 rings (SSSR count). The molecule has 1 fully saturated rings. The smallest absolute Gasteiger partial charge is 0.242 e. The number of piperidine rings is 1. The Morgan fingerprint density at radius 1 is 1.29 bits per heavy atom. The number of nitrogens with two attached hydrogens (primary N) is 1. The van der Waals surface area contributed by atoms with Gasteiger partial charge in [0.15, 0.2) is 0 Å². The van der Waals surface area contributed by atoms with Gasteiger partial charge in [0.05, 0.1) is 17.4 Å². The fourth-order valence-corrected chi connectivity index (χ4v) is 4.18. The molecule has 0 radical (unpaired) electrons. The Balaban J connectivity index is 1.76. The molecule has 2 heterocycles. The molecule has 2 atom stereocenters. The van der Waals surface area contributed by atoms with Crippen LogP contribution >= 0.6 is 11.8 Å². The molecule has 0 bridgehead atoms. The highest BCUT2D eigenvalue weighted by molar-refractivity contribution is 8.00. The van der Waals surface area contributed by atoms with Gasteiger partial charge in [0, 0.05) is 17.5 Å². The summed E-state index contributed by atoms with van der Waals surface area (Å²) in [7, 11) is 0. The van der Waals surface area contributed by atoms with Gasteiger partial charge in [-0.3, -0.25) is 14.4 Å². The lowest BCUT2D eigenvalue weighted by molar-refractivity contribution is -0.137. The third-order valence-electron chi connectivity index (χ3n) is 4.71. The largest absolute Gasteiger partial charge is 0.369 e. The molecule has 0 aliphatic carbocycles. The van der Waals surface area contributed by atoms with Crippen LogP contribution in [0.25, 0.3) is 0 Å². The average molecular weight is 347 g/mol. The fraction of sp³-hybridized carbons (Fsp3) is 0.471. The van der Waals surface area contributed by atoms with Crippen LogP contribution in [0.15, 0.2) is 29.2 Å². The van der Waals surface area contributed by atoms with Gasteiger partial charge in [-0.15, -0.1) is 11.8 Å². The van der Waals surface area contributed by atoms with E-state index in [9.17, 15) is 14.4 Å². The van der Waals surface area contributed by atoms with E-state index in [0.717, 1.165) is 17.0 Å². The minimum atomic E-state index is -0.365. The molecular formula is C17H21N3O3S. The van der Waals surface area contributed by atoms with E-state index in [1.807, 2.05) is 31.2 Å². The summed E-state index contributed by atoms with van der Waals surface area (Å²) in [6, 6.07) is 7.65. The van der Waals surface area contributed by atoms with Crippen LogP contribution in [0.5, 0.6) is 0 Å². The van der Waals surface area contributed by atoms with Gasteiger partial charge in [-0.1, -0.05) is 12.1 Å². The predicted octanol–water partition coefficient (Wildman–Crippen LogP) is 1.24. The molecule has 3 amide bonds. The number of para-hydroxylation sites is 1. The number of fused-ring (bicyclic) bond motifs is 1. The molecule has 0 aromatic heterocycles. The van der Waals surface area contributed by atoms with Gasteiger partial charge in [-0.05, 0) is 31.9 Å². The van der Waals surface area contributed by atoms with Gasteiger partial charge < -0.3 is 15.5 Å². The Morgan fingerprint density at radius 2 is 2.04 bits per heavy atom. The summed E-state index contributed by atoms with van der Waals surface area (Å²) < 4.78 is 0. The minimum absolute atomic E-state index is 0.00618. The van der Waals surface area contributed by atoms with Crippen molar-refractivity contribution in [3.63, 3.8) is 0 Å². The fourth-order valence-electron chi connectivity index (χ4n) is 3.24. The molecule has 128 valence electrons. The predicted molar refractivity (Wildman–Crippen MR) is 92.6 cm³/mol. The van der Waals surface area contributed by atoms with E-state index in [2.05, 4.69) is 0 Å². The third kappa shape index (κ3) is 3.26. The molecule has 0 unspecified atom stereocenters. The zero-order valence-electron chi connectivity index (χ0n) is 13.6. The standard InChI is InChI=1S/C17H21N3O3S/c1-11-6-7-12(17(18)23)8-19(11)15(21)9-20-13-4-2-3-5-14(13)24-10-16(20)22/h2-5,11-12H,6-10H2,1H3,(H2,18,23)/t11-,12+/m1/s1. The number of carbonyl (C=O) groups is 3. The quantitative estimate of drug-likeness (QED) is 0.892. The molecular weight excluding hydrogens is 326 g/mol. The van der Waals surface area contributed by atoms with Crippen LogP contribution in [0.2, 0.25) is 0 Å². The first-order valence-electron chi connectivity index (χ1n) is 8.08. The van der Waals surface area contributed by atoms with Crippen molar-refractivity contribution in [3.05, 3.63) is 24.3 Å². The number of hydrogen-bond acceptors (Lipinski definition) is 4. The van der Waals surface area contributed by atoms with Gasteiger partial charge in [0.2, 0.25) is 17.7 Å². The minimum Gasteiger partial charge on any atom is -0.369 e. The lowest BCUT2D eigenvalue weighted by Crippen LogP contribution is -2.52. The zero-order valence-corrected chi connectivity index (χ0v) is 14.4. The molecule has 0 spiro atoms. The normalized spacial score (nSPS) is 23.8. The Hall–Kier alpha value is -2.02. The van der Waals surface area contributed by atoms with E-state index in [0.29, 0.717) is 18.7 Å². The molecule has 1 aromatic carbocycles. The van der Waals surface area contributed by atoms with Crippen LogP contribution in [0, 0.1) is 5.92 Å². The van der Waals surface area contributed by atoms with E-state index in [1.165, 1.54) is 11.8 Å². The van der Waals surface area contributed by atoms with Crippen LogP contribution in [-0.4, -0.2) is 47.5 Å². The maximum atomic E-state index is 12.8. The van der Waals surface area contributed by atoms with Crippen molar-refractivity contribution in [2.75, 3.05) is 23.7 Å². The van der Waals surface area contributed by atoms with E-state index in [4.69, 9.17) is 5.73 Å². The molecule has 6 nitrogen and oxygen atoms in total. The van der Waals surface area contributed by atoms with E-state index < -0.39 is 0 Å². The van der Waals surface area contributed by atoms with Gasteiger partial charge in [0.25, 0.3) is 0 Å².